The number of para-hydroxylation sites is 1. The van der Waals surface area contributed by atoms with Crippen LogP contribution in [0.15, 0.2) is 42.5 Å². The summed E-state index contributed by atoms with van der Waals surface area (Å²) in [5.41, 5.74) is 9.21. The molecule has 0 aliphatic rings. The Morgan fingerprint density at radius 3 is 2.70 bits per heavy atom. The van der Waals surface area contributed by atoms with E-state index in [2.05, 4.69) is 4.98 Å². The molecule has 0 saturated heterocycles. The number of aromatic nitrogens is 1. The van der Waals surface area contributed by atoms with Crippen molar-refractivity contribution in [2.24, 2.45) is 0 Å². The SMILES string of the molecule is Cc1[nH]c2ccccc2c1C(=O)c1ccc(Cl)c(N)c1. The van der Waals surface area contributed by atoms with Crippen LogP contribution in [0.5, 0.6) is 0 Å². The summed E-state index contributed by atoms with van der Waals surface area (Å²) in [5.74, 6) is -0.0525. The summed E-state index contributed by atoms with van der Waals surface area (Å²) in [6, 6.07) is 12.7. The second-order valence-electron chi connectivity index (χ2n) is 4.74. The molecule has 1 aromatic heterocycles. The van der Waals surface area contributed by atoms with E-state index < -0.39 is 0 Å². The minimum Gasteiger partial charge on any atom is -0.398 e. The fourth-order valence-corrected chi connectivity index (χ4v) is 2.52. The minimum absolute atomic E-state index is 0.0525. The average molecular weight is 285 g/mol. The van der Waals surface area contributed by atoms with Crippen molar-refractivity contribution in [1.82, 2.24) is 4.98 Å². The third-order valence-electron chi connectivity index (χ3n) is 3.38. The molecular formula is C16H13ClN2O. The van der Waals surface area contributed by atoms with E-state index in [0.717, 1.165) is 16.6 Å². The van der Waals surface area contributed by atoms with E-state index in [4.69, 9.17) is 17.3 Å². The molecule has 20 heavy (non-hydrogen) atoms. The summed E-state index contributed by atoms with van der Waals surface area (Å²) < 4.78 is 0. The molecule has 3 rings (SSSR count). The first-order valence-electron chi connectivity index (χ1n) is 6.25. The predicted molar refractivity (Wildman–Crippen MR) is 82.3 cm³/mol. The fraction of sp³-hybridized carbons (Fsp3) is 0.0625. The Balaban J connectivity index is 2.17. The lowest BCUT2D eigenvalue weighted by atomic mass is 10.00. The Bertz CT molecular complexity index is 820. The van der Waals surface area contributed by atoms with Crippen LogP contribution in [0.4, 0.5) is 5.69 Å². The van der Waals surface area contributed by atoms with E-state index in [1.807, 2.05) is 31.2 Å². The number of halogens is 1. The van der Waals surface area contributed by atoms with Gasteiger partial charge in [0.15, 0.2) is 5.78 Å². The van der Waals surface area contributed by atoms with E-state index in [0.29, 0.717) is 21.8 Å². The van der Waals surface area contributed by atoms with Gasteiger partial charge in [0.05, 0.1) is 16.3 Å². The number of carbonyl (C=O) groups is 1. The standard InChI is InChI=1S/C16H13ClN2O/c1-9-15(11-4-2-3-5-14(11)19-9)16(20)10-6-7-12(17)13(18)8-10/h2-8,19H,18H2,1H3. The highest BCUT2D eigenvalue weighted by molar-refractivity contribution is 6.33. The highest BCUT2D eigenvalue weighted by Gasteiger charge is 2.17. The molecule has 0 spiro atoms. The molecule has 3 aromatic rings. The molecule has 0 aliphatic heterocycles. The molecule has 1 heterocycles. The number of carbonyl (C=O) groups excluding carboxylic acids is 1. The van der Waals surface area contributed by atoms with Gasteiger partial charge in [0.25, 0.3) is 0 Å². The van der Waals surface area contributed by atoms with Crippen LogP contribution in [-0.4, -0.2) is 10.8 Å². The fourth-order valence-electron chi connectivity index (χ4n) is 2.40. The summed E-state index contributed by atoms with van der Waals surface area (Å²) in [4.78, 5) is 15.9. The third-order valence-corrected chi connectivity index (χ3v) is 3.72. The maximum Gasteiger partial charge on any atom is 0.195 e. The van der Waals surface area contributed by atoms with Crippen molar-refractivity contribution >= 4 is 34.0 Å². The van der Waals surface area contributed by atoms with E-state index in [-0.39, 0.29) is 5.78 Å². The second-order valence-corrected chi connectivity index (χ2v) is 5.14. The molecular weight excluding hydrogens is 272 g/mol. The van der Waals surface area contributed by atoms with Crippen LogP contribution in [-0.2, 0) is 0 Å². The molecule has 0 unspecified atom stereocenters. The van der Waals surface area contributed by atoms with Crippen LogP contribution in [0.25, 0.3) is 10.9 Å². The van der Waals surface area contributed by atoms with Gasteiger partial charge in [0, 0.05) is 22.2 Å². The highest BCUT2D eigenvalue weighted by atomic mass is 35.5. The summed E-state index contributed by atoms with van der Waals surface area (Å²) in [6.45, 7) is 1.90. The molecule has 3 N–H and O–H groups in total. The van der Waals surface area contributed by atoms with Crippen LogP contribution in [0.1, 0.15) is 21.6 Å². The average Bonchev–Trinajstić information content (AvgIpc) is 2.77. The summed E-state index contributed by atoms with van der Waals surface area (Å²) in [6.07, 6.45) is 0. The lowest BCUT2D eigenvalue weighted by Crippen LogP contribution is -2.03. The number of hydrogen-bond acceptors (Lipinski definition) is 2. The van der Waals surface area contributed by atoms with Gasteiger partial charge < -0.3 is 10.7 Å². The number of benzene rings is 2. The van der Waals surface area contributed by atoms with Crippen molar-refractivity contribution in [3.05, 3.63) is 64.3 Å². The van der Waals surface area contributed by atoms with Gasteiger partial charge in [-0.2, -0.15) is 0 Å². The van der Waals surface area contributed by atoms with E-state index >= 15 is 0 Å². The zero-order chi connectivity index (χ0) is 14.3. The quantitative estimate of drug-likeness (QED) is 0.553. The molecule has 0 atom stereocenters. The molecule has 100 valence electrons. The van der Waals surface area contributed by atoms with Crippen LogP contribution in [0.2, 0.25) is 5.02 Å². The number of rotatable bonds is 2. The number of aryl methyl sites for hydroxylation is 1. The van der Waals surface area contributed by atoms with Crippen molar-refractivity contribution in [2.75, 3.05) is 5.73 Å². The van der Waals surface area contributed by atoms with Crippen molar-refractivity contribution in [3.8, 4) is 0 Å². The number of anilines is 1. The molecule has 4 heteroatoms. The second kappa shape index (κ2) is 4.69. The number of hydrogen-bond donors (Lipinski definition) is 2. The lowest BCUT2D eigenvalue weighted by Gasteiger charge is -2.04. The highest BCUT2D eigenvalue weighted by Crippen LogP contribution is 2.27. The maximum absolute atomic E-state index is 12.7. The van der Waals surface area contributed by atoms with Crippen molar-refractivity contribution in [2.45, 2.75) is 6.92 Å². The smallest absolute Gasteiger partial charge is 0.195 e. The van der Waals surface area contributed by atoms with Crippen LogP contribution >= 0.6 is 11.6 Å². The van der Waals surface area contributed by atoms with Gasteiger partial charge in [-0.15, -0.1) is 0 Å². The summed E-state index contributed by atoms with van der Waals surface area (Å²) in [7, 11) is 0. The van der Waals surface area contributed by atoms with Gasteiger partial charge in [-0.3, -0.25) is 4.79 Å². The summed E-state index contributed by atoms with van der Waals surface area (Å²) >= 11 is 5.89. The number of fused-ring (bicyclic) bond motifs is 1. The molecule has 2 aromatic carbocycles. The Hall–Kier alpha value is -2.26. The number of ketones is 1. The monoisotopic (exact) mass is 284 g/mol. The van der Waals surface area contributed by atoms with Gasteiger partial charge in [0.2, 0.25) is 0 Å². The third kappa shape index (κ3) is 1.96. The summed E-state index contributed by atoms with van der Waals surface area (Å²) in [5, 5.41) is 1.38. The van der Waals surface area contributed by atoms with Crippen molar-refractivity contribution in [1.29, 1.82) is 0 Å². The number of H-pyrrole nitrogens is 1. The molecule has 0 bridgehead atoms. The molecule has 0 aliphatic carbocycles. The molecule has 0 radical (unpaired) electrons. The molecule has 3 nitrogen and oxygen atoms in total. The van der Waals surface area contributed by atoms with Gasteiger partial charge >= 0.3 is 0 Å². The molecule has 0 fully saturated rings. The van der Waals surface area contributed by atoms with Crippen molar-refractivity contribution in [3.63, 3.8) is 0 Å². The molecule has 0 saturated carbocycles. The first kappa shape index (κ1) is 12.8. The van der Waals surface area contributed by atoms with Crippen molar-refractivity contribution < 1.29 is 4.79 Å². The normalized spacial score (nSPS) is 10.9. The first-order chi connectivity index (χ1) is 9.58. The van der Waals surface area contributed by atoms with Gasteiger partial charge in [0.1, 0.15) is 0 Å². The Labute approximate surface area is 121 Å². The lowest BCUT2D eigenvalue weighted by molar-refractivity contribution is 0.104. The Morgan fingerprint density at radius 1 is 1.20 bits per heavy atom. The van der Waals surface area contributed by atoms with E-state index in [9.17, 15) is 4.79 Å². The minimum atomic E-state index is -0.0525. The van der Waals surface area contributed by atoms with Gasteiger partial charge in [-0.25, -0.2) is 0 Å². The van der Waals surface area contributed by atoms with Gasteiger partial charge in [-0.1, -0.05) is 29.8 Å². The largest absolute Gasteiger partial charge is 0.398 e. The van der Waals surface area contributed by atoms with Crippen LogP contribution in [0.3, 0.4) is 0 Å². The number of nitrogen functional groups attached to an aromatic ring is 1. The Morgan fingerprint density at radius 2 is 1.95 bits per heavy atom. The topological polar surface area (TPSA) is 58.9 Å². The first-order valence-corrected chi connectivity index (χ1v) is 6.63. The maximum atomic E-state index is 12.7. The van der Waals surface area contributed by atoms with Crippen LogP contribution in [0, 0.1) is 6.92 Å². The van der Waals surface area contributed by atoms with E-state index in [1.54, 1.807) is 18.2 Å². The van der Waals surface area contributed by atoms with Gasteiger partial charge in [-0.05, 0) is 31.2 Å². The van der Waals surface area contributed by atoms with Crippen LogP contribution < -0.4 is 5.73 Å². The number of aromatic amines is 1. The Kier molecular flexibility index (Phi) is 2.99. The zero-order valence-corrected chi connectivity index (χ0v) is 11.7. The molecule has 0 amide bonds. The number of nitrogens with one attached hydrogen (secondary N) is 1. The number of nitrogens with two attached hydrogens (primary N) is 1. The van der Waals surface area contributed by atoms with E-state index in [1.165, 1.54) is 0 Å². The predicted octanol–water partition coefficient (Wildman–Crippen LogP) is 3.94. The zero-order valence-electron chi connectivity index (χ0n) is 10.9.